The third kappa shape index (κ3) is 6.86. The standard InChI is InChI=1S/C24H27ClN2O6/c1-32-21-14-17(6-11-20(21)33-19-9-4-16(5-10-19)24(30)31)23(29)27-13-12-26-22(28)15-2-7-18(25)8-3-15/h2-3,6-8,11,14,16,19H,4-5,9-10,12-13H2,1H3,(H,26,28)(H,27,29)(H,30,31). The SMILES string of the molecule is COc1cc(C(=O)NCCNC(=O)c2ccc(Cl)cc2)ccc1OC1CCC(C(=O)O)CC1. The van der Waals surface area contributed by atoms with Crippen LogP contribution in [0.25, 0.3) is 0 Å². The number of rotatable bonds is 9. The van der Waals surface area contributed by atoms with E-state index in [4.69, 9.17) is 26.2 Å². The maximum Gasteiger partial charge on any atom is 0.306 e. The molecule has 2 amide bonds. The van der Waals surface area contributed by atoms with E-state index in [1.807, 2.05) is 0 Å². The summed E-state index contributed by atoms with van der Waals surface area (Å²) in [5, 5.41) is 15.2. The topological polar surface area (TPSA) is 114 Å². The number of nitrogens with one attached hydrogen (secondary N) is 2. The molecule has 3 N–H and O–H groups in total. The Morgan fingerprint density at radius 3 is 2.06 bits per heavy atom. The second-order valence-corrected chi connectivity index (χ2v) is 8.25. The monoisotopic (exact) mass is 474 g/mol. The molecular formula is C24H27ClN2O6. The summed E-state index contributed by atoms with van der Waals surface area (Å²) in [6.45, 7) is 0.524. The molecule has 1 saturated carbocycles. The number of aliphatic carboxylic acids is 1. The minimum absolute atomic E-state index is 0.0848. The number of carboxylic acid groups (broad SMARTS) is 1. The average molecular weight is 475 g/mol. The molecule has 1 aliphatic carbocycles. The van der Waals surface area contributed by atoms with Crippen LogP contribution in [0.5, 0.6) is 11.5 Å². The molecule has 2 aromatic rings. The average Bonchev–Trinajstić information content (AvgIpc) is 2.82. The second-order valence-electron chi connectivity index (χ2n) is 7.81. The Bertz CT molecular complexity index is 987. The van der Waals surface area contributed by atoms with Gasteiger partial charge in [0.05, 0.1) is 19.1 Å². The van der Waals surface area contributed by atoms with Crippen molar-refractivity contribution in [3.8, 4) is 11.5 Å². The molecule has 0 radical (unpaired) electrons. The third-order valence-corrected chi connectivity index (χ3v) is 5.80. The van der Waals surface area contributed by atoms with Gasteiger partial charge in [-0.2, -0.15) is 0 Å². The van der Waals surface area contributed by atoms with Crippen LogP contribution in [0.1, 0.15) is 46.4 Å². The molecule has 3 rings (SSSR count). The number of benzene rings is 2. The normalized spacial score (nSPS) is 17.6. The van der Waals surface area contributed by atoms with E-state index in [1.165, 1.54) is 7.11 Å². The summed E-state index contributed by atoms with van der Waals surface area (Å²) in [5.74, 6) is -0.675. The fourth-order valence-corrected chi connectivity index (χ4v) is 3.80. The van der Waals surface area contributed by atoms with Gasteiger partial charge in [-0.3, -0.25) is 14.4 Å². The Morgan fingerprint density at radius 1 is 0.909 bits per heavy atom. The van der Waals surface area contributed by atoms with Gasteiger partial charge in [-0.15, -0.1) is 0 Å². The van der Waals surface area contributed by atoms with E-state index in [-0.39, 0.29) is 36.9 Å². The number of carbonyl (C=O) groups is 3. The van der Waals surface area contributed by atoms with E-state index in [2.05, 4.69) is 10.6 Å². The number of methoxy groups -OCH3 is 1. The van der Waals surface area contributed by atoms with Gasteiger partial charge in [-0.05, 0) is 68.1 Å². The zero-order valence-electron chi connectivity index (χ0n) is 18.3. The summed E-state index contributed by atoms with van der Waals surface area (Å²) in [6, 6.07) is 11.5. The van der Waals surface area contributed by atoms with Gasteiger partial charge >= 0.3 is 5.97 Å². The Hall–Kier alpha value is -3.26. The summed E-state index contributed by atoms with van der Waals surface area (Å²) in [6.07, 6.45) is 2.39. The Kier molecular flexibility index (Phi) is 8.54. The fourth-order valence-electron chi connectivity index (χ4n) is 3.67. The van der Waals surface area contributed by atoms with Gasteiger partial charge in [0.25, 0.3) is 11.8 Å². The van der Waals surface area contributed by atoms with Crippen LogP contribution in [-0.4, -0.2) is 49.2 Å². The van der Waals surface area contributed by atoms with Crippen molar-refractivity contribution in [2.45, 2.75) is 31.8 Å². The zero-order chi connectivity index (χ0) is 23.8. The van der Waals surface area contributed by atoms with Crippen LogP contribution in [-0.2, 0) is 4.79 Å². The molecule has 8 nitrogen and oxygen atoms in total. The van der Waals surface area contributed by atoms with Gasteiger partial charge in [0.15, 0.2) is 11.5 Å². The van der Waals surface area contributed by atoms with Gasteiger partial charge < -0.3 is 25.2 Å². The first-order valence-corrected chi connectivity index (χ1v) is 11.1. The van der Waals surface area contributed by atoms with E-state index in [9.17, 15) is 14.4 Å². The smallest absolute Gasteiger partial charge is 0.306 e. The molecule has 0 heterocycles. The molecule has 176 valence electrons. The molecule has 1 aliphatic rings. The van der Waals surface area contributed by atoms with Crippen LogP contribution < -0.4 is 20.1 Å². The first-order chi connectivity index (χ1) is 15.9. The third-order valence-electron chi connectivity index (χ3n) is 5.55. The van der Waals surface area contributed by atoms with Crippen molar-refractivity contribution < 1.29 is 29.0 Å². The largest absolute Gasteiger partial charge is 0.493 e. The van der Waals surface area contributed by atoms with Crippen molar-refractivity contribution in [3.63, 3.8) is 0 Å². The fraction of sp³-hybridized carbons (Fsp3) is 0.375. The molecule has 33 heavy (non-hydrogen) atoms. The maximum absolute atomic E-state index is 12.5. The Balaban J connectivity index is 1.48. The molecule has 2 aromatic carbocycles. The molecule has 1 fully saturated rings. The van der Waals surface area contributed by atoms with Crippen molar-refractivity contribution in [2.75, 3.05) is 20.2 Å². The Labute approximate surface area is 197 Å². The molecule has 0 aromatic heterocycles. The number of ether oxygens (including phenoxy) is 2. The number of carbonyl (C=O) groups excluding carboxylic acids is 2. The van der Waals surface area contributed by atoms with Crippen molar-refractivity contribution in [3.05, 3.63) is 58.6 Å². The van der Waals surface area contributed by atoms with Gasteiger partial charge in [0.1, 0.15) is 0 Å². The highest BCUT2D eigenvalue weighted by molar-refractivity contribution is 6.30. The van der Waals surface area contributed by atoms with Crippen LogP contribution in [0.4, 0.5) is 0 Å². The summed E-state index contributed by atoms with van der Waals surface area (Å²) in [7, 11) is 1.50. The van der Waals surface area contributed by atoms with Crippen molar-refractivity contribution in [1.29, 1.82) is 0 Å². The van der Waals surface area contributed by atoms with Crippen LogP contribution in [0.2, 0.25) is 5.02 Å². The lowest BCUT2D eigenvalue weighted by Gasteiger charge is -2.27. The number of halogens is 1. The molecule has 0 aliphatic heterocycles. The quantitative estimate of drug-likeness (QED) is 0.479. The summed E-state index contributed by atoms with van der Waals surface area (Å²) in [5.41, 5.74) is 0.889. The predicted molar refractivity (Wildman–Crippen MR) is 123 cm³/mol. The number of hydrogen-bond donors (Lipinski definition) is 3. The molecule has 9 heteroatoms. The molecule has 0 atom stereocenters. The molecular weight excluding hydrogens is 448 g/mol. The van der Waals surface area contributed by atoms with Gasteiger partial charge in [-0.1, -0.05) is 11.6 Å². The molecule has 0 saturated heterocycles. The van der Waals surface area contributed by atoms with Crippen LogP contribution in [0, 0.1) is 5.92 Å². The van der Waals surface area contributed by atoms with Gasteiger partial charge in [-0.25, -0.2) is 0 Å². The first-order valence-electron chi connectivity index (χ1n) is 10.8. The summed E-state index contributed by atoms with van der Waals surface area (Å²) < 4.78 is 11.4. The summed E-state index contributed by atoms with van der Waals surface area (Å²) >= 11 is 5.82. The lowest BCUT2D eigenvalue weighted by atomic mass is 9.87. The molecule has 0 spiro atoms. The van der Waals surface area contributed by atoms with E-state index >= 15 is 0 Å². The van der Waals surface area contributed by atoms with Gasteiger partial charge in [0, 0.05) is 29.2 Å². The van der Waals surface area contributed by atoms with E-state index in [0.29, 0.717) is 53.3 Å². The van der Waals surface area contributed by atoms with Gasteiger partial charge in [0.2, 0.25) is 0 Å². The zero-order valence-corrected chi connectivity index (χ0v) is 19.1. The number of carboxylic acids is 1. The van der Waals surface area contributed by atoms with Crippen LogP contribution in [0.15, 0.2) is 42.5 Å². The first kappa shape index (κ1) is 24.4. The summed E-state index contributed by atoms with van der Waals surface area (Å²) in [4.78, 5) is 35.7. The van der Waals surface area contributed by atoms with Crippen molar-refractivity contribution in [2.24, 2.45) is 5.92 Å². The minimum Gasteiger partial charge on any atom is -0.493 e. The van der Waals surface area contributed by atoms with E-state index < -0.39 is 5.97 Å². The lowest BCUT2D eigenvalue weighted by molar-refractivity contribution is -0.143. The van der Waals surface area contributed by atoms with E-state index in [0.717, 1.165) is 0 Å². The van der Waals surface area contributed by atoms with Crippen LogP contribution >= 0.6 is 11.6 Å². The maximum atomic E-state index is 12.5. The molecule has 0 bridgehead atoms. The second kappa shape index (κ2) is 11.6. The lowest BCUT2D eigenvalue weighted by Crippen LogP contribution is -2.34. The van der Waals surface area contributed by atoms with Crippen LogP contribution in [0.3, 0.4) is 0 Å². The van der Waals surface area contributed by atoms with Crippen molar-refractivity contribution in [1.82, 2.24) is 10.6 Å². The molecule has 0 unspecified atom stereocenters. The Morgan fingerprint density at radius 2 is 1.48 bits per heavy atom. The minimum atomic E-state index is -0.758. The predicted octanol–water partition coefficient (Wildman–Crippen LogP) is 3.53. The highest BCUT2D eigenvalue weighted by Gasteiger charge is 2.27. The van der Waals surface area contributed by atoms with E-state index in [1.54, 1.807) is 42.5 Å². The highest BCUT2D eigenvalue weighted by atomic mass is 35.5. The van der Waals surface area contributed by atoms with Crippen molar-refractivity contribution >= 4 is 29.4 Å². The highest BCUT2D eigenvalue weighted by Crippen LogP contribution is 2.33. The number of amides is 2. The number of hydrogen-bond acceptors (Lipinski definition) is 5.